The van der Waals surface area contributed by atoms with Crippen LogP contribution in [-0.2, 0) is 11.5 Å². The first-order valence-corrected chi connectivity index (χ1v) is 3.96. The van der Waals surface area contributed by atoms with E-state index in [1.165, 1.54) is 0 Å². The minimum atomic E-state index is -0.102. The molecular weight excluding hydrogens is 170 g/mol. The molecule has 1 heterocycles. The quantitative estimate of drug-likeness (QED) is 0.651. The number of hydrogen-bond acceptors (Lipinski definition) is 3. The van der Waals surface area contributed by atoms with Crippen molar-refractivity contribution in [2.75, 3.05) is 7.05 Å². The largest absolute Gasteiger partial charge is 0.355 e. The summed E-state index contributed by atoms with van der Waals surface area (Å²) in [5.74, 6) is 0.586. The van der Waals surface area contributed by atoms with Crippen molar-refractivity contribution in [3.63, 3.8) is 0 Å². The van der Waals surface area contributed by atoms with E-state index < -0.39 is 0 Å². The molecule has 2 rings (SSSR count). The van der Waals surface area contributed by atoms with E-state index in [4.69, 9.17) is 9.78 Å². The molecule has 0 aromatic heterocycles. The van der Waals surface area contributed by atoms with Crippen molar-refractivity contribution in [2.24, 2.45) is 0 Å². The second kappa shape index (κ2) is 3.06. The molecule has 4 heteroatoms. The van der Waals surface area contributed by atoms with Crippen LogP contribution in [0.4, 0.5) is 0 Å². The molecule has 0 radical (unpaired) electrons. The Hall–Kier alpha value is -1.55. The third-order valence-corrected chi connectivity index (χ3v) is 1.91. The molecule has 0 saturated carbocycles. The number of rotatable bonds is 1. The summed E-state index contributed by atoms with van der Waals surface area (Å²) in [5, 5.41) is 2.55. The lowest BCUT2D eigenvalue weighted by atomic mass is 10.1. The lowest BCUT2D eigenvalue weighted by molar-refractivity contribution is -0.194. The van der Waals surface area contributed by atoms with Crippen molar-refractivity contribution in [1.29, 1.82) is 0 Å². The first kappa shape index (κ1) is 8.07. The van der Waals surface area contributed by atoms with Crippen LogP contribution < -0.4 is 10.2 Å². The molecule has 1 aliphatic rings. The molecule has 1 amide bonds. The Labute approximate surface area is 75.4 Å². The van der Waals surface area contributed by atoms with Gasteiger partial charge in [0.05, 0.1) is 0 Å². The van der Waals surface area contributed by atoms with Crippen LogP contribution in [0.3, 0.4) is 0 Å². The fraction of sp³-hybridized carbons (Fsp3) is 0.222. The monoisotopic (exact) mass is 179 g/mol. The van der Waals surface area contributed by atoms with Gasteiger partial charge in [0.2, 0.25) is 0 Å². The van der Waals surface area contributed by atoms with Crippen LogP contribution in [0, 0.1) is 0 Å². The maximum atomic E-state index is 11.2. The van der Waals surface area contributed by atoms with Gasteiger partial charge in [-0.15, -0.1) is 0 Å². The van der Waals surface area contributed by atoms with E-state index in [1.54, 1.807) is 25.2 Å². The summed E-state index contributed by atoms with van der Waals surface area (Å²) >= 11 is 0. The van der Waals surface area contributed by atoms with E-state index in [2.05, 4.69) is 5.32 Å². The van der Waals surface area contributed by atoms with Crippen LogP contribution >= 0.6 is 0 Å². The van der Waals surface area contributed by atoms with Gasteiger partial charge in [0.1, 0.15) is 6.61 Å². The van der Waals surface area contributed by atoms with Crippen molar-refractivity contribution in [3.05, 3.63) is 29.3 Å². The van der Waals surface area contributed by atoms with E-state index in [9.17, 15) is 4.79 Å². The van der Waals surface area contributed by atoms with Crippen molar-refractivity contribution in [2.45, 2.75) is 6.61 Å². The number of fused-ring (bicyclic) bond motifs is 1. The highest BCUT2D eigenvalue weighted by atomic mass is 17.2. The predicted octanol–water partition coefficient (Wildman–Crippen LogP) is 0.870. The Bertz CT molecular complexity index is 349. The second-order valence-corrected chi connectivity index (χ2v) is 2.75. The zero-order valence-electron chi connectivity index (χ0n) is 7.16. The van der Waals surface area contributed by atoms with Crippen molar-refractivity contribution >= 4 is 5.91 Å². The third kappa shape index (κ3) is 1.36. The highest BCUT2D eigenvalue weighted by Crippen LogP contribution is 2.26. The fourth-order valence-corrected chi connectivity index (χ4v) is 1.22. The first-order chi connectivity index (χ1) is 6.31. The van der Waals surface area contributed by atoms with Gasteiger partial charge in [0.25, 0.3) is 5.91 Å². The number of carbonyl (C=O) groups is 1. The van der Waals surface area contributed by atoms with E-state index in [0.29, 0.717) is 17.9 Å². The molecule has 1 N–H and O–H groups in total. The molecule has 4 nitrogen and oxygen atoms in total. The molecule has 13 heavy (non-hydrogen) atoms. The van der Waals surface area contributed by atoms with Gasteiger partial charge in [0, 0.05) is 18.2 Å². The summed E-state index contributed by atoms with van der Waals surface area (Å²) in [6, 6.07) is 5.19. The molecule has 68 valence electrons. The van der Waals surface area contributed by atoms with E-state index in [0.717, 1.165) is 5.56 Å². The predicted molar refractivity (Wildman–Crippen MR) is 45.2 cm³/mol. The van der Waals surface area contributed by atoms with Gasteiger partial charge < -0.3 is 10.2 Å². The van der Waals surface area contributed by atoms with Gasteiger partial charge in [-0.05, 0) is 18.2 Å². The summed E-state index contributed by atoms with van der Waals surface area (Å²) < 4.78 is 0. The second-order valence-electron chi connectivity index (χ2n) is 2.75. The topological polar surface area (TPSA) is 47.6 Å². The summed E-state index contributed by atoms with van der Waals surface area (Å²) in [6.07, 6.45) is 0. The molecule has 1 aliphatic heterocycles. The highest BCUT2D eigenvalue weighted by Gasteiger charge is 2.15. The van der Waals surface area contributed by atoms with Crippen LogP contribution in [0.1, 0.15) is 15.9 Å². The average Bonchev–Trinajstić information content (AvgIpc) is 2.63. The molecular formula is C9H9NO3. The van der Waals surface area contributed by atoms with Gasteiger partial charge in [-0.25, -0.2) is 0 Å². The molecule has 0 atom stereocenters. The smallest absolute Gasteiger partial charge is 0.251 e. The Kier molecular flexibility index (Phi) is 1.90. The maximum absolute atomic E-state index is 11.2. The van der Waals surface area contributed by atoms with Gasteiger partial charge in [-0.3, -0.25) is 4.79 Å². The van der Waals surface area contributed by atoms with Crippen molar-refractivity contribution < 1.29 is 14.6 Å². The Morgan fingerprint density at radius 1 is 1.54 bits per heavy atom. The number of carbonyl (C=O) groups excluding carboxylic acids is 1. The number of amides is 1. The van der Waals surface area contributed by atoms with Crippen molar-refractivity contribution in [3.8, 4) is 5.75 Å². The first-order valence-electron chi connectivity index (χ1n) is 3.96. The minimum Gasteiger partial charge on any atom is -0.355 e. The molecule has 0 bridgehead atoms. The van der Waals surface area contributed by atoms with Crippen LogP contribution in [0.2, 0.25) is 0 Å². The standard InChI is InChI=1S/C9H9NO3/c1-10-9(11)6-2-3-8-7(4-6)5-12-13-8/h2-4H,5H2,1H3,(H,10,11). The van der Waals surface area contributed by atoms with Gasteiger partial charge >= 0.3 is 0 Å². The normalized spacial score (nSPS) is 13.3. The summed E-state index contributed by atoms with van der Waals surface area (Å²) in [7, 11) is 1.60. The van der Waals surface area contributed by atoms with Gasteiger partial charge in [0.15, 0.2) is 5.75 Å². The molecule has 0 saturated heterocycles. The molecule has 0 aliphatic carbocycles. The van der Waals surface area contributed by atoms with E-state index in [1.807, 2.05) is 0 Å². The van der Waals surface area contributed by atoms with E-state index in [-0.39, 0.29) is 5.91 Å². The molecule has 0 spiro atoms. The van der Waals surface area contributed by atoms with Crippen molar-refractivity contribution in [1.82, 2.24) is 5.32 Å². The van der Waals surface area contributed by atoms with Crippen LogP contribution in [-0.4, -0.2) is 13.0 Å². The SMILES string of the molecule is CNC(=O)c1ccc2c(c1)COO2. The van der Waals surface area contributed by atoms with Crippen LogP contribution in [0.5, 0.6) is 5.75 Å². The van der Waals surface area contributed by atoms with Crippen LogP contribution in [0.15, 0.2) is 18.2 Å². The Morgan fingerprint density at radius 3 is 3.15 bits per heavy atom. The molecule has 0 fully saturated rings. The zero-order valence-corrected chi connectivity index (χ0v) is 7.16. The van der Waals surface area contributed by atoms with Gasteiger partial charge in [-0.2, -0.15) is 4.89 Å². The zero-order chi connectivity index (χ0) is 9.26. The average molecular weight is 179 g/mol. The van der Waals surface area contributed by atoms with E-state index >= 15 is 0 Å². The lowest BCUT2D eigenvalue weighted by Crippen LogP contribution is -2.17. The summed E-state index contributed by atoms with van der Waals surface area (Å²) in [4.78, 5) is 20.8. The number of benzene rings is 1. The lowest BCUT2D eigenvalue weighted by Gasteiger charge is -2.00. The molecule has 1 aromatic rings. The number of nitrogens with one attached hydrogen (secondary N) is 1. The summed E-state index contributed by atoms with van der Waals surface area (Å²) in [5.41, 5.74) is 1.52. The Morgan fingerprint density at radius 2 is 2.38 bits per heavy atom. The Balaban J connectivity index is 2.36. The third-order valence-electron chi connectivity index (χ3n) is 1.91. The maximum Gasteiger partial charge on any atom is 0.251 e. The fourth-order valence-electron chi connectivity index (χ4n) is 1.22. The molecule has 1 aromatic carbocycles. The van der Waals surface area contributed by atoms with Gasteiger partial charge in [-0.1, -0.05) is 0 Å². The highest BCUT2D eigenvalue weighted by molar-refractivity contribution is 5.94. The molecule has 0 unspecified atom stereocenters. The number of hydrogen-bond donors (Lipinski definition) is 1. The summed E-state index contributed by atoms with van der Waals surface area (Å²) in [6.45, 7) is 0.403. The van der Waals surface area contributed by atoms with Crippen LogP contribution in [0.25, 0.3) is 0 Å². The minimum absolute atomic E-state index is 0.102.